The van der Waals surface area contributed by atoms with Crippen molar-refractivity contribution in [2.24, 2.45) is 0 Å². The Kier molecular flexibility index (Phi) is 5.85. The highest BCUT2D eigenvalue weighted by atomic mass is 35.5. The maximum atomic E-state index is 13.3. The Morgan fingerprint density at radius 3 is 2.07 bits per heavy atom. The molecule has 0 aliphatic carbocycles. The molecule has 2 rings (SSSR count). The maximum absolute atomic E-state index is 13.3. The molecule has 0 amide bonds. The molecule has 0 bridgehead atoms. The van der Waals surface area contributed by atoms with E-state index in [2.05, 4.69) is 5.10 Å². The zero-order valence-corrected chi connectivity index (χ0v) is 15.4. The summed E-state index contributed by atoms with van der Waals surface area (Å²) in [6.07, 6.45) is -8.33. The van der Waals surface area contributed by atoms with Crippen molar-refractivity contribution in [1.29, 1.82) is 5.26 Å². The number of anilines is 1. The molecule has 27 heavy (non-hydrogen) atoms. The summed E-state index contributed by atoms with van der Waals surface area (Å²) >= 11 is 12.1. The third kappa shape index (κ3) is 4.07. The summed E-state index contributed by atoms with van der Waals surface area (Å²) in [5, 5.41) is 9.52. The Morgan fingerprint density at radius 1 is 1.19 bits per heavy atom. The van der Waals surface area contributed by atoms with E-state index in [1.54, 1.807) is 0 Å². The molecule has 1 aromatic carbocycles. The maximum Gasteiger partial charge on any atom is 0.416 e. The van der Waals surface area contributed by atoms with E-state index in [0.29, 0.717) is 28.6 Å². The Morgan fingerprint density at radius 2 is 1.70 bits per heavy atom. The molecule has 0 radical (unpaired) electrons. The predicted molar refractivity (Wildman–Crippen MR) is 90.0 cm³/mol. The van der Waals surface area contributed by atoms with Gasteiger partial charge in [0.1, 0.15) is 22.8 Å². The zero-order chi connectivity index (χ0) is 20.7. The van der Waals surface area contributed by atoms with E-state index < -0.39 is 50.3 Å². The first-order chi connectivity index (χ1) is 12.3. The summed E-state index contributed by atoms with van der Waals surface area (Å²) in [5.41, 5.74) is 2.95. The minimum Gasteiger partial charge on any atom is -0.383 e. The molecule has 0 saturated carbocycles. The third-order valence-electron chi connectivity index (χ3n) is 3.42. The van der Waals surface area contributed by atoms with E-state index in [4.69, 9.17) is 34.2 Å². The molecular weight excluding hydrogens is 441 g/mol. The number of rotatable bonds is 3. The summed E-state index contributed by atoms with van der Waals surface area (Å²) in [6, 6.07) is 2.56. The van der Waals surface area contributed by atoms with Crippen molar-refractivity contribution in [2.45, 2.75) is 17.6 Å². The lowest BCUT2D eigenvalue weighted by Gasteiger charge is -2.18. The first-order valence-electron chi connectivity index (χ1n) is 6.77. The molecule has 0 aliphatic heterocycles. The van der Waals surface area contributed by atoms with Crippen LogP contribution in [0.5, 0.6) is 0 Å². The Hall–Kier alpha value is -1.77. The van der Waals surface area contributed by atoms with Crippen molar-refractivity contribution in [3.8, 4) is 11.8 Å². The quantitative estimate of drug-likeness (QED) is 0.618. The summed E-state index contributed by atoms with van der Waals surface area (Å²) in [4.78, 5) is 0. The molecule has 1 aromatic heterocycles. The van der Waals surface area contributed by atoms with E-state index in [9.17, 15) is 26.3 Å². The van der Waals surface area contributed by atoms with Gasteiger partial charge in [0.15, 0.2) is 5.69 Å². The molecular formula is C14H8Cl2F6N4S. The number of nitrogen functional groups attached to an aromatic ring is 1. The molecule has 4 nitrogen and oxygen atoms in total. The zero-order valence-electron chi connectivity index (χ0n) is 13.1. The summed E-state index contributed by atoms with van der Waals surface area (Å²) < 4.78 is 78.9. The van der Waals surface area contributed by atoms with Crippen molar-refractivity contribution in [3.63, 3.8) is 0 Å². The third-order valence-corrected chi connectivity index (χ3v) is 4.97. The molecule has 0 fully saturated rings. The van der Waals surface area contributed by atoms with Gasteiger partial charge in [-0.15, -0.1) is 11.8 Å². The van der Waals surface area contributed by atoms with Crippen LogP contribution in [-0.4, -0.2) is 22.2 Å². The minimum atomic E-state index is -4.75. The van der Waals surface area contributed by atoms with Crippen LogP contribution in [0.1, 0.15) is 22.1 Å². The molecule has 2 aromatic rings. The van der Waals surface area contributed by atoms with Crippen molar-refractivity contribution in [1.82, 2.24) is 9.78 Å². The lowest BCUT2D eigenvalue weighted by atomic mass is 10.1. The minimum absolute atomic E-state index is 0.367. The first-order valence-corrected chi connectivity index (χ1v) is 8.81. The average Bonchev–Trinajstić information content (AvgIpc) is 2.82. The second-order valence-electron chi connectivity index (χ2n) is 5.11. The van der Waals surface area contributed by atoms with Crippen LogP contribution < -0.4 is 5.73 Å². The van der Waals surface area contributed by atoms with Crippen molar-refractivity contribution >= 4 is 40.8 Å². The smallest absolute Gasteiger partial charge is 0.383 e. The predicted octanol–water partition coefficient (Wildman–Crippen LogP) is 5.62. The normalized spacial score (nSPS) is 13.5. The summed E-state index contributed by atoms with van der Waals surface area (Å²) in [6.45, 7) is 0. The van der Waals surface area contributed by atoms with E-state index in [1.165, 1.54) is 6.07 Å². The van der Waals surface area contributed by atoms with Gasteiger partial charge in [-0.3, -0.25) is 0 Å². The number of nitrogens with two attached hydrogens (primary N) is 1. The van der Waals surface area contributed by atoms with Crippen molar-refractivity contribution in [2.75, 3.05) is 12.0 Å². The number of halogens is 8. The number of nitriles is 1. The van der Waals surface area contributed by atoms with Gasteiger partial charge in [0.2, 0.25) is 0 Å². The second-order valence-corrected chi connectivity index (χ2v) is 6.87. The molecule has 2 N–H and O–H groups in total. The molecule has 13 heteroatoms. The van der Waals surface area contributed by atoms with E-state index in [0.717, 1.165) is 6.26 Å². The van der Waals surface area contributed by atoms with Crippen molar-refractivity contribution < 1.29 is 26.3 Å². The van der Waals surface area contributed by atoms with Crippen LogP contribution >= 0.6 is 35.0 Å². The van der Waals surface area contributed by atoms with Crippen LogP contribution in [0.4, 0.5) is 32.2 Å². The lowest BCUT2D eigenvalue weighted by molar-refractivity contribution is -0.137. The summed E-state index contributed by atoms with van der Waals surface area (Å²) in [5.74, 6) is -0.605. The highest BCUT2D eigenvalue weighted by molar-refractivity contribution is 7.98. The van der Waals surface area contributed by atoms with Gasteiger partial charge in [0.25, 0.3) is 0 Å². The lowest BCUT2D eigenvalue weighted by Crippen LogP contribution is -2.19. The van der Waals surface area contributed by atoms with Crippen LogP contribution in [-0.2, 0) is 6.18 Å². The van der Waals surface area contributed by atoms with Gasteiger partial charge in [-0.1, -0.05) is 23.2 Å². The van der Waals surface area contributed by atoms with Gasteiger partial charge in [0, 0.05) is 0 Å². The molecule has 1 heterocycles. The van der Waals surface area contributed by atoms with Gasteiger partial charge in [-0.25, -0.2) is 4.68 Å². The number of alkyl halides is 6. The van der Waals surface area contributed by atoms with Crippen molar-refractivity contribution in [3.05, 3.63) is 39.0 Å². The standard InChI is InChI=1S/C14H8Cl2F6N4S/c1-27-11(14(20,21)22)9-8(4-23)25-26(12(9)24)10-6(15)2-5(3-7(10)16)13(17,18)19/h2-3,11H,24H2,1H3. The Labute approximate surface area is 162 Å². The van der Waals surface area contributed by atoms with Crippen LogP contribution in [0, 0.1) is 11.3 Å². The fourth-order valence-electron chi connectivity index (χ4n) is 2.30. The van der Waals surface area contributed by atoms with Crippen LogP contribution in [0.15, 0.2) is 12.1 Å². The monoisotopic (exact) mass is 448 g/mol. The van der Waals surface area contributed by atoms with Crippen LogP contribution in [0.2, 0.25) is 10.0 Å². The highest BCUT2D eigenvalue weighted by Gasteiger charge is 2.44. The van der Waals surface area contributed by atoms with E-state index in [1.807, 2.05) is 0 Å². The number of hydrogen-bond donors (Lipinski definition) is 1. The average molecular weight is 449 g/mol. The number of hydrogen-bond acceptors (Lipinski definition) is 4. The van der Waals surface area contributed by atoms with E-state index in [-0.39, 0.29) is 5.69 Å². The largest absolute Gasteiger partial charge is 0.416 e. The van der Waals surface area contributed by atoms with Gasteiger partial charge in [0.05, 0.1) is 21.2 Å². The summed E-state index contributed by atoms with van der Waals surface area (Å²) in [7, 11) is 0. The van der Waals surface area contributed by atoms with E-state index >= 15 is 0 Å². The second kappa shape index (κ2) is 7.33. The number of benzene rings is 1. The fourth-order valence-corrected chi connectivity index (χ4v) is 3.68. The molecule has 0 spiro atoms. The number of nitrogens with zero attached hydrogens (tertiary/aromatic N) is 3. The SMILES string of the molecule is CSC(c1c(C#N)nn(-c2c(Cl)cc(C(F)(F)F)cc2Cl)c1N)C(F)(F)F. The van der Waals surface area contributed by atoms with Gasteiger partial charge in [-0.2, -0.15) is 36.7 Å². The highest BCUT2D eigenvalue weighted by Crippen LogP contribution is 2.47. The fraction of sp³-hybridized carbons (Fsp3) is 0.286. The number of aromatic nitrogens is 2. The van der Waals surface area contributed by atoms with Crippen LogP contribution in [0.25, 0.3) is 5.69 Å². The Balaban J connectivity index is 2.75. The molecule has 146 valence electrons. The topological polar surface area (TPSA) is 67.6 Å². The van der Waals surface area contributed by atoms with Crippen LogP contribution in [0.3, 0.4) is 0 Å². The molecule has 1 atom stereocenters. The van der Waals surface area contributed by atoms with Gasteiger partial charge < -0.3 is 5.73 Å². The van der Waals surface area contributed by atoms with Gasteiger partial charge in [-0.05, 0) is 18.4 Å². The van der Waals surface area contributed by atoms with Gasteiger partial charge >= 0.3 is 12.4 Å². The molecule has 0 aliphatic rings. The first kappa shape index (κ1) is 21.5. The molecule has 0 saturated heterocycles. The molecule has 1 unspecified atom stereocenters. The Bertz CT molecular complexity index is 893. The number of thioether (sulfide) groups is 1.